The van der Waals surface area contributed by atoms with Crippen molar-refractivity contribution in [2.24, 2.45) is 0 Å². The number of nitrogens with zero attached hydrogens (tertiary/aromatic N) is 5. The number of hydrogen-bond acceptors (Lipinski definition) is 5. The van der Waals surface area contributed by atoms with Gasteiger partial charge >= 0.3 is 0 Å². The van der Waals surface area contributed by atoms with Crippen LogP contribution < -0.4 is 4.90 Å². The Kier molecular flexibility index (Phi) is 9.31. The number of aromatic nitrogens is 3. The Labute approximate surface area is 212 Å². The van der Waals surface area contributed by atoms with Crippen LogP contribution in [-0.2, 0) is 6.42 Å². The highest BCUT2D eigenvalue weighted by atomic mass is 16.2. The van der Waals surface area contributed by atoms with Gasteiger partial charge in [-0.15, -0.1) is 0 Å². The Hall–Kier alpha value is -2.44. The van der Waals surface area contributed by atoms with E-state index in [0.717, 1.165) is 75.3 Å². The predicted octanol–water partition coefficient (Wildman–Crippen LogP) is 5.81. The van der Waals surface area contributed by atoms with Gasteiger partial charge in [0.15, 0.2) is 0 Å². The average Bonchev–Trinajstić information content (AvgIpc) is 3.20. The standard InChI is InChI=1S/C28H41N5.CH4O/c1-8-21-17-25-26(20(6)18-33(25)22(9-2)10-3)30-27(21)23-11-12-24(19(4)5)29-28(23)32-15-13-31(7)14-16-32;1-2/h11-12,17-19,22H,8-10,13-16H2,1-7H3;2H,1H3. The fraction of sp³-hybridized carbons (Fsp3) is 0.586. The van der Waals surface area contributed by atoms with Gasteiger partial charge in [0, 0.05) is 56.8 Å². The number of aliphatic hydroxyl groups is 1. The maximum atomic E-state index is 7.00. The minimum Gasteiger partial charge on any atom is -0.400 e. The van der Waals surface area contributed by atoms with Crippen LogP contribution in [0.3, 0.4) is 0 Å². The van der Waals surface area contributed by atoms with Crippen molar-refractivity contribution < 1.29 is 5.11 Å². The van der Waals surface area contributed by atoms with Gasteiger partial charge in [-0.3, -0.25) is 0 Å². The predicted molar refractivity (Wildman–Crippen MR) is 149 cm³/mol. The second kappa shape index (κ2) is 12.0. The molecule has 4 heterocycles. The molecule has 1 aliphatic heterocycles. The quantitative estimate of drug-likeness (QED) is 0.463. The molecule has 0 bridgehead atoms. The van der Waals surface area contributed by atoms with Crippen LogP contribution in [0.4, 0.5) is 5.82 Å². The summed E-state index contributed by atoms with van der Waals surface area (Å²) in [7, 11) is 3.20. The molecule has 0 radical (unpaired) electrons. The average molecular weight is 480 g/mol. The lowest BCUT2D eigenvalue weighted by Crippen LogP contribution is -2.45. The molecule has 0 aromatic carbocycles. The van der Waals surface area contributed by atoms with E-state index in [1.165, 1.54) is 22.2 Å². The smallest absolute Gasteiger partial charge is 0.138 e. The molecule has 1 saturated heterocycles. The molecule has 3 aromatic heterocycles. The Morgan fingerprint density at radius 1 is 0.971 bits per heavy atom. The highest BCUT2D eigenvalue weighted by molar-refractivity contribution is 5.86. The molecule has 0 spiro atoms. The van der Waals surface area contributed by atoms with Crippen molar-refractivity contribution in [2.45, 2.75) is 72.8 Å². The number of pyridine rings is 2. The van der Waals surface area contributed by atoms with E-state index >= 15 is 0 Å². The molecule has 3 aromatic rings. The first-order valence-electron chi connectivity index (χ1n) is 13.3. The zero-order valence-corrected chi connectivity index (χ0v) is 23.1. The second-order valence-corrected chi connectivity index (χ2v) is 9.96. The minimum atomic E-state index is 0.405. The number of likely N-dealkylation sites (N-methyl/N-ethyl adjacent to an activating group) is 1. The number of fused-ring (bicyclic) bond motifs is 1. The lowest BCUT2D eigenvalue weighted by atomic mass is 10.0. The normalized spacial score (nSPS) is 14.7. The summed E-state index contributed by atoms with van der Waals surface area (Å²) in [4.78, 5) is 15.4. The molecule has 0 aliphatic carbocycles. The van der Waals surface area contributed by atoms with Crippen molar-refractivity contribution in [3.8, 4) is 11.3 Å². The summed E-state index contributed by atoms with van der Waals surface area (Å²) in [5, 5.41) is 7.00. The summed E-state index contributed by atoms with van der Waals surface area (Å²) >= 11 is 0. The lowest BCUT2D eigenvalue weighted by Gasteiger charge is -2.34. The minimum absolute atomic E-state index is 0.405. The van der Waals surface area contributed by atoms with Crippen LogP contribution in [0.25, 0.3) is 22.3 Å². The molecule has 6 nitrogen and oxygen atoms in total. The summed E-state index contributed by atoms with van der Waals surface area (Å²) in [6, 6.07) is 7.39. The van der Waals surface area contributed by atoms with Gasteiger partial charge in [0.05, 0.1) is 16.7 Å². The molecular formula is C29H45N5O. The molecule has 35 heavy (non-hydrogen) atoms. The first kappa shape index (κ1) is 27.2. The maximum absolute atomic E-state index is 7.00. The monoisotopic (exact) mass is 479 g/mol. The van der Waals surface area contributed by atoms with Crippen molar-refractivity contribution in [1.29, 1.82) is 0 Å². The molecule has 4 rings (SSSR count). The molecule has 0 saturated carbocycles. The Balaban J connectivity index is 0.00000167. The van der Waals surface area contributed by atoms with Gasteiger partial charge in [0.1, 0.15) is 5.82 Å². The molecule has 0 amide bonds. The molecule has 1 N–H and O–H groups in total. The summed E-state index contributed by atoms with van der Waals surface area (Å²) in [6.07, 6.45) is 5.54. The van der Waals surface area contributed by atoms with Crippen molar-refractivity contribution in [3.63, 3.8) is 0 Å². The fourth-order valence-electron chi connectivity index (χ4n) is 5.08. The van der Waals surface area contributed by atoms with Gasteiger partial charge in [0.2, 0.25) is 0 Å². The molecule has 1 aliphatic rings. The van der Waals surface area contributed by atoms with E-state index in [0.29, 0.717) is 12.0 Å². The van der Waals surface area contributed by atoms with Crippen LogP contribution in [0, 0.1) is 6.92 Å². The Bertz CT molecular complexity index is 1110. The first-order valence-corrected chi connectivity index (χ1v) is 13.3. The third-order valence-electron chi connectivity index (χ3n) is 7.33. The molecule has 6 heteroatoms. The Morgan fingerprint density at radius 2 is 1.63 bits per heavy atom. The summed E-state index contributed by atoms with van der Waals surface area (Å²) in [5.41, 5.74) is 8.41. The van der Waals surface area contributed by atoms with E-state index in [-0.39, 0.29) is 0 Å². The van der Waals surface area contributed by atoms with Gasteiger partial charge < -0.3 is 19.5 Å². The summed E-state index contributed by atoms with van der Waals surface area (Å²) in [5.74, 6) is 1.51. The number of aryl methyl sites for hydroxylation is 2. The van der Waals surface area contributed by atoms with Crippen LogP contribution in [0.1, 0.15) is 76.2 Å². The van der Waals surface area contributed by atoms with E-state index in [4.69, 9.17) is 15.1 Å². The third kappa shape index (κ3) is 5.54. The van der Waals surface area contributed by atoms with Crippen molar-refractivity contribution in [1.82, 2.24) is 19.4 Å². The second-order valence-electron chi connectivity index (χ2n) is 9.96. The zero-order valence-electron chi connectivity index (χ0n) is 23.1. The van der Waals surface area contributed by atoms with Crippen LogP contribution in [0.2, 0.25) is 0 Å². The van der Waals surface area contributed by atoms with Crippen LogP contribution in [0.5, 0.6) is 0 Å². The van der Waals surface area contributed by atoms with Crippen LogP contribution in [0.15, 0.2) is 24.4 Å². The highest BCUT2D eigenvalue weighted by Crippen LogP contribution is 2.36. The van der Waals surface area contributed by atoms with Gasteiger partial charge in [-0.05, 0) is 68.5 Å². The number of anilines is 1. The van der Waals surface area contributed by atoms with E-state index in [1.807, 2.05) is 0 Å². The zero-order chi connectivity index (χ0) is 25.7. The largest absolute Gasteiger partial charge is 0.400 e. The van der Waals surface area contributed by atoms with Gasteiger partial charge in [-0.25, -0.2) is 9.97 Å². The number of aliphatic hydroxyl groups excluding tert-OH is 1. The van der Waals surface area contributed by atoms with Gasteiger partial charge in [-0.2, -0.15) is 0 Å². The number of rotatable bonds is 7. The number of piperazine rings is 1. The van der Waals surface area contributed by atoms with E-state index < -0.39 is 0 Å². The summed E-state index contributed by atoms with van der Waals surface area (Å²) < 4.78 is 2.46. The molecule has 0 unspecified atom stereocenters. The van der Waals surface area contributed by atoms with Gasteiger partial charge in [0.25, 0.3) is 0 Å². The highest BCUT2D eigenvalue weighted by Gasteiger charge is 2.23. The van der Waals surface area contributed by atoms with Crippen molar-refractivity contribution in [3.05, 3.63) is 41.2 Å². The first-order chi connectivity index (χ1) is 16.9. The summed E-state index contributed by atoms with van der Waals surface area (Å²) in [6.45, 7) is 17.6. The van der Waals surface area contributed by atoms with E-state index in [9.17, 15) is 0 Å². The number of hydrogen-bond donors (Lipinski definition) is 1. The third-order valence-corrected chi connectivity index (χ3v) is 7.33. The van der Waals surface area contributed by atoms with Crippen LogP contribution >= 0.6 is 0 Å². The molecular weight excluding hydrogens is 434 g/mol. The fourth-order valence-corrected chi connectivity index (χ4v) is 5.08. The van der Waals surface area contributed by atoms with E-state index in [2.05, 4.69) is 87.4 Å². The van der Waals surface area contributed by atoms with Crippen LogP contribution in [-0.4, -0.2) is 64.9 Å². The lowest BCUT2D eigenvalue weighted by molar-refractivity contribution is 0.312. The maximum Gasteiger partial charge on any atom is 0.138 e. The SMILES string of the molecule is CCc1cc2c(nc1-c1ccc(C(C)C)nc1N1CCN(C)CC1)c(C)cn2C(CC)CC.CO. The van der Waals surface area contributed by atoms with Gasteiger partial charge in [-0.1, -0.05) is 34.6 Å². The molecule has 1 fully saturated rings. The Morgan fingerprint density at radius 3 is 2.20 bits per heavy atom. The molecule has 0 atom stereocenters. The molecule has 192 valence electrons. The van der Waals surface area contributed by atoms with Crippen molar-refractivity contribution in [2.75, 3.05) is 45.2 Å². The van der Waals surface area contributed by atoms with Crippen molar-refractivity contribution >= 4 is 16.9 Å². The van der Waals surface area contributed by atoms with E-state index in [1.54, 1.807) is 0 Å². The topological polar surface area (TPSA) is 57.4 Å².